The van der Waals surface area contributed by atoms with E-state index < -0.39 is 5.97 Å². The zero-order valence-corrected chi connectivity index (χ0v) is 11.4. The molecule has 0 bridgehead atoms. The summed E-state index contributed by atoms with van der Waals surface area (Å²) in [6.07, 6.45) is 6.48. The number of carbonyl (C=O) groups is 1. The first-order valence-electron chi connectivity index (χ1n) is 6.54. The van der Waals surface area contributed by atoms with Crippen LogP contribution in [0.5, 0.6) is 0 Å². The number of rotatable bonds is 5. The maximum Gasteiger partial charge on any atom is 0.328 e. The summed E-state index contributed by atoms with van der Waals surface area (Å²) in [6.45, 7) is 1.85. The van der Waals surface area contributed by atoms with E-state index in [1.54, 1.807) is 6.20 Å². The predicted molar refractivity (Wildman–Crippen MR) is 79.4 cm³/mol. The minimum Gasteiger partial charge on any atom is -0.478 e. The summed E-state index contributed by atoms with van der Waals surface area (Å²) in [5, 5.41) is 8.66. The quantitative estimate of drug-likeness (QED) is 0.840. The van der Waals surface area contributed by atoms with Crippen molar-refractivity contribution < 1.29 is 9.90 Å². The SMILES string of the molecule is C/C(=C\C(=O)O)CCc1ccc(-c2cccnc2)cc1. The van der Waals surface area contributed by atoms with Crippen LogP contribution in [-0.2, 0) is 11.2 Å². The van der Waals surface area contributed by atoms with Gasteiger partial charge >= 0.3 is 5.97 Å². The lowest BCUT2D eigenvalue weighted by molar-refractivity contribution is -0.131. The molecule has 0 fully saturated rings. The van der Waals surface area contributed by atoms with Crippen molar-refractivity contribution in [3.63, 3.8) is 0 Å². The zero-order chi connectivity index (χ0) is 14.4. The number of pyridine rings is 1. The topological polar surface area (TPSA) is 50.2 Å². The summed E-state index contributed by atoms with van der Waals surface area (Å²) in [5.74, 6) is -0.880. The first-order valence-corrected chi connectivity index (χ1v) is 6.54. The highest BCUT2D eigenvalue weighted by Crippen LogP contribution is 2.19. The van der Waals surface area contributed by atoms with E-state index in [-0.39, 0.29) is 0 Å². The molecule has 0 aliphatic heterocycles. The normalized spacial score (nSPS) is 11.3. The van der Waals surface area contributed by atoms with Crippen molar-refractivity contribution in [1.82, 2.24) is 4.98 Å². The lowest BCUT2D eigenvalue weighted by atomic mass is 10.0. The number of aromatic nitrogens is 1. The van der Waals surface area contributed by atoms with E-state index in [4.69, 9.17) is 5.11 Å². The molecule has 0 aliphatic rings. The summed E-state index contributed by atoms with van der Waals surface area (Å²) >= 11 is 0. The Morgan fingerprint density at radius 2 is 1.95 bits per heavy atom. The molecule has 102 valence electrons. The predicted octanol–water partition coefficient (Wildman–Crippen LogP) is 3.71. The van der Waals surface area contributed by atoms with Gasteiger partial charge < -0.3 is 5.11 Å². The van der Waals surface area contributed by atoms with Gasteiger partial charge in [-0.15, -0.1) is 0 Å². The lowest BCUT2D eigenvalue weighted by Crippen LogP contribution is -1.92. The molecule has 3 heteroatoms. The highest BCUT2D eigenvalue weighted by molar-refractivity contribution is 5.80. The molecule has 20 heavy (non-hydrogen) atoms. The van der Waals surface area contributed by atoms with Crippen molar-refractivity contribution in [3.05, 3.63) is 66.0 Å². The van der Waals surface area contributed by atoms with E-state index >= 15 is 0 Å². The van der Waals surface area contributed by atoms with Crippen molar-refractivity contribution in [2.75, 3.05) is 0 Å². The number of nitrogens with zero attached hydrogens (tertiary/aromatic N) is 1. The fourth-order valence-electron chi connectivity index (χ4n) is 2.02. The molecule has 0 spiro atoms. The Morgan fingerprint density at radius 3 is 2.55 bits per heavy atom. The minimum atomic E-state index is -0.880. The monoisotopic (exact) mass is 267 g/mol. The fourth-order valence-corrected chi connectivity index (χ4v) is 2.02. The largest absolute Gasteiger partial charge is 0.478 e. The molecular weight excluding hydrogens is 250 g/mol. The van der Waals surface area contributed by atoms with Crippen LogP contribution in [0.15, 0.2) is 60.4 Å². The summed E-state index contributed by atoms with van der Waals surface area (Å²) in [4.78, 5) is 14.6. The molecule has 1 N–H and O–H groups in total. The van der Waals surface area contributed by atoms with Crippen LogP contribution in [-0.4, -0.2) is 16.1 Å². The fraction of sp³-hybridized carbons (Fsp3) is 0.176. The molecule has 0 aliphatic carbocycles. The number of aryl methyl sites for hydroxylation is 1. The molecule has 1 heterocycles. The molecule has 0 amide bonds. The second-order valence-electron chi connectivity index (χ2n) is 4.77. The molecule has 3 nitrogen and oxygen atoms in total. The maximum atomic E-state index is 10.5. The second kappa shape index (κ2) is 6.66. The van der Waals surface area contributed by atoms with Crippen LogP contribution >= 0.6 is 0 Å². The Morgan fingerprint density at radius 1 is 1.20 bits per heavy atom. The maximum absolute atomic E-state index is 10.5. The Bertz CT molecular complexity index is 601. The van der Waals surface area contributed by atoms with Crippen molar-refractivity contribution in [2.45, 2.75) is 19.8 Å². The van der Waals surface area contributed by atoms with E-state index in [1.807, 2.05) is 25.3 Å². The highest BCUT2D eigenvalue weighted by atomic mass is 16.4. The number of aliphatic carboxylic acids is 1. The van der Waals surface area contributed by atoms with Crippen molar-refractivity contribution in [1.29, 1.82) is 0 Å². The van der Waals surface area contributed by atoms with Gasteiger partial charge in [0.05, 0.1) is 0 Å². The molecular formula is C17H17NO2. The molecule has 1 aromatic carbocycles. The number of carboxylic acids is 1. The standard InChI is InChI=1S/C17H17NO2/c1-13(11-17(19)20)4-5-14-6-8-15(9-7-14)16-3-2-10-18-12-16/h2-3,6-12H,4-5H2,1H3,(H,19,20)/b13-11+. The average molecular weight is 267 g/mol. The van der Waals surface area contributed by atoms with E-state index in [1.165, 1.54) is 11.6 Å². The van der Waals surface area contributed by atoms with Gasteiger partial charge in [0.15, 0.2) is 0 Å². The van der Waals surface area contributed by atoms with Gasteiger partial charge in [-0.25, -0.2) is 4.79 Å². The van der Waals surface area contributed by atoms with Gasteiger partial charge in [0.25, 0.3) is 0 Å². The van der Waals surface area contributed by atoms with Crippen molar-refractivity contribution in [3.8, 4) is 11.1 Å². The number of hydrogen-bond donors (Lipinski definition) is 1. The number of hydrogen-bond acceptors (Lipinski definition) is 2. The first-order chi connectivity index (χ1) is 9.65. The Hall–Kier alpha value is -2.42. The summed E-state index contributed by atoms with van der Waals surface area (Å²) in [7, 11) is 0. The summed E-state index contributed by atoms with van der Waals surface area (Å²) in [5.41, 5.74) is 4.32. The molecule has 0 unspecified atom stereocenters. The third-order valence-electron chi connectivity index (χ3n) is 3.13. The molecule has 0 saturated heterocycles. The minimum absolute atomic E-state index is 0.762. The number of carboxylic acid groups (broad SMARTS) is 1. The van der Waals surface area contributed by atoms with Gasteiger partial charge in [-0.05, 0) is 42.5 Å². The number of benzene rings is 1. The third-order valence-corrected chi connectivity index (χ3v) is 3.13. The van der Waals surface area contributed by atoms with Gasteiger partial charge in [-0.2, -0.15) is 0 Å². The van der Waals surface area contributed by atoms with E-state index in [9.17, 15) is 4.79 Å². The van der Waals surface area contributed by atoms with Crippen LogP contribution in [0.3, 0.4) is 0 Å². The van der Waals surface area contributed by atoms with Gasteiger partial charge in [0.1, 0.15) is 0 Å². The first kappa shape index (κ1) is 14.0. The molecule has 1 aromatic heterocycles. The molecule has 2 rings (SSSR count). The lowest BCUT2D eigenvalue weighted by Gasteiger charge is -2.04. The van der Waals surface area contributed by atoms with Crippen LogP contribution < -0.4 is 0 Å². The van der Waals surface area contributed by atoms with Crippen LogP contribution in [0.1, 0.15) is 18.9 Å². The molecule has 2 aromatic rings. The van der Waals surface area contributed by atoms with Gasteiger partial charge in [0, 0.05) is 18.5 Å². The van der Waals surface area contributed by atoms with E-state index in [2.05, 4.69) is 29.2 Å². The average Bonchev–Trinajstić information content (AvgIpc) is 2.46. The smallest absolute Gasteiger partial charge is 0.328 e. The third kappa shape index (κ3) is 4.05. The summed E-state index contributed by atoms with van der Waals surface area (Å²) in [6, 6.07) is 12.3. The Kier molecular flexibility index (Phi) is 4.66. The van der Waals surface area contributed by atoms with Crippen molar-refractivity contribution >= 4 is 5.97 Å². The summed E-state index contributed by atoms with van der Waals surface area (Å²) < 4.78 is 0. The van der Waals surface area contributed by atoms with Gasteiger partial charge in [-0.1, -0.05) is 35.9 Å². The molecule has 0 saturated carbocycles. The van der Waals surface area contributed by atoms with Crippen LogP contribution in [0.4, 0.5) is 0 Å². The van der Waals surface area contributed by atoms with Crippen molar-refractivity contribution in [2.24, 2.45) is 0 Å². The molecule has 0 atom stereocenters. The van der Waals surface area contributed by atoms with Crippen LogP contribution in [0, 0.1) is 0 Å². The second-order valence-corrected chi connectivity index (χ2v) is 4.77. The Labute approximate surface area is 118 Å². The van der Waals surface area contributed by atoms with Crippen LogP contribution in [0.2, 0.25) is 0 Å². The van der Waals surface area contributed by atoms with E-state index in [0.29, 0.717) is 0 Å². The van der Waals surface area contributed by atoms with Gasteiger partial charge in [-0.3, -0.25) is 4.98 Å². The zero-order valence-electron chi connectivity index (χ0n) is 11.4. The Balaban J connectivity index is 2.01. The molecule has 0 radical (unpaired) electrons. The number of allylic oxidation sites excluding steroid dienone is 1. The van der Waals surface area contributed by atoms with Gasteiger partial charge in [0.2, 0.25) is 0 Å². The van der Waals surface area contributed by atoms with E-state index in [0.717, 1.165) is 29.5 Å². The van der Waals surface area contributed by atoms with Crippen LogP contribution in [0.25, 0.3) is 11.1 Å². The highest BCUT2D eigenvalue weighted by Gasteiger charge is 2.00.